The number of fused-ring (bicyclic) bond motifs is 2. The van der Waals surface area contributed by atoms with Gasteiger partial charge in [-0.1, -0.05) is 62.4 Å². The van der Waals surface area contributed by atoms with Crippen LogP contribution in [0, 0.1) is 32.3 Å². The van der Waals surface area contributed by atoms with Crippen molar-refractivity contribution in [2.45, 2.75) is 33.1 Å². The molecule has 4 heteroatoms. The topological polar surface area (TPSA) is 21.7 Å². The van der Waals surface area contributed by atoms with Gasteiger partial charge in [0.2, 0.25) is 0 Å². The molecule has 0 radical (unpaired) electrons. The van der Waals surface area contributed by atoms with Gasteiger partial charge in [0.25, 0.3) is 6.33 Å². The number of benzene rings is 4. The maximum absolute atomic E-state index is 4.22. The van der Waals surface area contributed by atoms with Crippen LogP contribution in [0.5, 0.6) is 0 Å². The third-order valence-corrected chi connectivity index (χ3v) is 7.40. The monoisotopic (exact) mass is 684 g/mol. The molecule has 0 saturated heterocycles. The molecule has 39 heavy (non-hydrogen) atoms. The molecule has 0 aliphatic carbocycles. The Labute approximate surface area is 244 Å². The fourth-order valence-electron chi connectivity index (χ4n) is 5.48. The number of aromatic nitrogens is 3. The summed E-state index contributed by atoms with van der Waals surface area (Å²) in [4.78, 5) is 4.22. The Hall–Kier alpha value is -3.85. The minimum absolute atomic E-state index is 0. The number of para-hydroxylation sites is 3. The van der Waals surface area contributed by atoms with Gasteiger partial charge in [-0.15, -0.1) is 41.5 Å². The molecule has 7 rings (SSSR count). The quantitative estimate of drug-likeness (QED) is 0.139. The SMILES string of the molecule is Cc1cccc(C)c1-n1[c-][n+]2c3c(cccc31)C(C)(C)c1ccc[c-]c1-2.[Ir+3].[c-]1ccccc1-c1ccccn1. The first-order chi connectivity index (χ1) is 18.5. The maximum Gasteiger partial charge on any atom is 3.00 e. The van der Waals surface area contributed by atoms with Crippen molar-refractivity contribution in [1.82, 2.24) is 9.55 Å². The van der Waals surface area contributed by atoms with E-state index in [1.165, 1.54) is 39.0 Å². The zero-order chi connectivity index (χ0) is 26.3. The third kappa shape index (κ3) is 4.65. The van der Waals surface area contributed by atoms with E-state index in [2.05, 4.69) is 109 Å². The van der Waals surface area contributed by atoms with Crippen LogP contribution in [-0.2, 0) is 25.5 Å². The van der Waals surface area contributed by atoms with E-state index in [1.807, 2.05) is 48.5 Å². The Balaban J connectivity index is 0.000000200. The van der Waals surface area contributed by atoms with E-state index in [0.717, 1.165) is 16.9 Å². The van der Waals surface area contributed by atoms with E-state index >= 15 is 0 Å². The molecule has 0 spiro atoms. The number of nitrogens with zero attached hydrogens (tertiary/aromatic N) is 3. The first-order valence-corrected chi connectivity index (χ1v) is 12.9. The van der Waals surface area contributed by atoms with Crippen molar-refractivity contribution >= 4 is 11.0 Å². The second-order valence-electron chi connectivity index (χ2n) is 10.2. The van der Waals surface area contributed by atoms with Crippen molar-refractivity contribution < 1.29 is 24.7 Å². The second kappa shape index (κ2) is 10.7. The number of hydrogen-bond acceptors (Lipinski definition) is 1. The predicted molar refractivity (Wildman–Crippen MR) is 153 cm³/mol. The second-order valence-corrected chi connectivity index (χ2v) is 10.2. The maximum atomic E-state index is 4.22. The van der Waals surface area contributed by atoms with Crippen LogP contribution in [0.15, 0.2) is 103 Å². The molecule has 0 atom stereocenters. The van der Waals surface area contributed by atoms with Crippen LogP contribution in [0.3, 0.4) is 0 Å². The van der Waals surface area contributed by atoms with Crippen molar-refractivity contribution in [2.75, 3.05) is 0 Å². The van der Waals surface area contributed by atoms with Crippen LogP contribution < -0.4 is 4.57 Å². The molecule has 6 aromatic rings. The molecular formula is C35H29IrN3+. The fraction of sp³-hybridized carbons (Fsp3) is 0.143. The first kappa shape index (κ1) is 26.7. The van der Waals surface area contributed by atoms with Gasteiger partial charge in [-0.3, -0.25) is 4.57 Å². The molecular weight excluding hydrogens is 655 g/mol. The molecule has 0 fully saturated rings. The minimum Gasteiger partial charge on any atom is -0.314 e. The molecule has 0 bridgehead atoms. The van der Waals surface area contributed by atoms with E-state index in [-0.39, 0.29) is 25.5 Å². The Bertz CT molecular complexity index is 1690. The van der Waals surface area contributed by atoms with E-state index in [0.29, 0.717) is 0 Å². The van der Waals surface area contributed by atoms with Crippen LogP contribution in [-0.4, -0.2) is 9.55 Å². The first-order valence-electron chi connectivity index (χ1n) is 12.9. The van der Waals surface area contributed by atoms with Crippen LogP contribution in [0.25, 0.3) is 33.7 Å². The van der Waals surface area contributed by atoms with E-state index in [4.69, 9.17) is 0 Å². The Morgan fingerprint density at radius 3 is 2.18 bits per heavy atom. The number of imidazole rings is 1. The van der Waals surface area contributed by atoms with Gasteiger partial charge in [-0.2, -0.15) is 24.3 Å². The summed E-state index contributed by atoms with van der Waals surface area (Å²) in [5.41, 5.74) is 11.8. The summed E-state index contributed by atoms with van der Waals surface area (Å²) in [6, 6.07) is 39.6. The molecule has 4 aromatic carbocycles. The number of rotatable bonds is 2. The number of pyridine rings is 1. The number of aryl methyl sites for hydroxylation is 2. The van der Waals surface area contributed by atoms with Gasteiger partial charge in [0.05, 0.1) is 16.7 Å². The zero-order valence-electron chi connectivity index (χ0n) is 22.5. The van der Waals surface area contributed by atoms with Crippen LogP contribution in [0.2, 0.25) is 0 Å². The molecule has 192 valence electrons. The Kier molecular flexibility index (Phi) is 7.36. The van der Waals surface area contributed by atoms with Crippen molar-refractivity contribution in [3.05, 3.63) is 144 Å². The molecule has 0 saturated carbocycles. The van der Waals surface area contributed by atoms with E-state index < -0.39 is 0 Å². The van der Waals surface area contributed by atoms with Crippen molar-refractivity contribution in [3.8, 4) is 22.6 Å². The summed E-state index contributed by atoms with van der Waals surface area (Å²) in [5.74, 6) is 0. The van der Waals surface area contributed by atoms with Gasteiger partial charge in [0.1, 0.15) is 0 Å². The molecule has 0 unspecified atom stereocenters. The summed E-state index contributed by atoms with van der Waals surface area (Å²) < 4.78 is 4.41. The average Bonchev–Trinajstić information content (AvgIpc) is 3.33. The van der Waals surface area contributed by atoms with Crippen LogP contribution in [0.1, 0.15) is 36.1 Å². The van der Waals surface area contributed by atoms with Gasteiger partial charge in [0, 0.05) is 6.20 Å². The number of hydrogen-bond donors (Lipinski definition) is 0. The van der Waals surface area contributed by atoms with Crippen molar-refractivity contribution in [2.24, 2.45) is 0 Å². The molecule has 1 aliphatic heterocycles. The average molecular weight is 684 g/mol. The smallest absolute Gasteiger partial charge is 0.314 e. The molecule has 3 nitrogen and oxygen atoms in total. The zero-order valence-corrected chi connectivity index (χ0v) is 24.9. The normalized spacial score (nSPS) is 12.6. The summed E-state index contributed by atoms with van der Waals surface area (Å²) in [6.07, 6.45) is 5.41. The molecule has 1 aliphatic rings. The molecule has 0 amide bonds. The standard InChI is InChI=1S/C24H21N2.C11H8N.Ir/c1-16-9-7-10-17(2)22(16)26-15-25-20-13-6-5-11-18(20)24(3,4)19-12-8-14-21(26)23(19)25;1-2-6-10(7-3-1)11-8-4-5-9-12-11;/h5-12,14H,1-4H3;1-6,8-9H;/q2*-1;+3. The molecule has 3 heterocycles. The van der Waals surface area contributed by atoms with Gasteiger partial charge in [-0.25, -0.2) is 0 Å². The van der Waals surface area contributed by atoms with Gasteiger partial charge in [-0.05, 0) is 53.4 Å². The fourth-order valence-corrected chi connectivity index (χ4v) is 5.48. The Morgan fingerprint density at radius 1 is 0.744 bits per heavy atom. The third-order valence-electron chi connectivity index (χ3n) is 7.40. The summed E-state index contributed by atoms with van der Waals surface area (Å²) in [5, 5.41) is 0. The van der Waals surface area contributed by atoms with Crippen LogP contribution >= 0.6 is 0 Å². The van der Waals surface area contributed by atoms with Gasteiger partial charge in [0.15, 0.2) is 0 Å². The van der Waals surface area contributed by atoms with Crippen molar-refractivity contribution in [3.63, 3.8) is 0 Å². The summed E-state index contributed by atoms with van der Waals surface area (Å²) in [7, 11) is 0. The summed E-state index contributed by atoms with van der Waals surface area (Å²) in [6.45, 7) is 8.93. The predicted octanol–water partition coefficient (Wildman–Crippen LogP) is 7.31. The van der Waals surface area contributed by atoms with Gasteiger partial charge < -0.3 is 9.55 Å². The molecule has 0 N–H and O–H groups in total. The van der Waals surface area contributed by atoms with Crippen LogP contribution in [0.4, 0.5) is 0 Å². The van der Waals surface area contributed by atoms with E-state index in [9.17, 15) is 0 Å². The van der Waals surface area contributed by atoms with E-state index in [1.54, 1.807) is 6.20 Å². The molecule has 2 aromatic heterocycles. The minimum atomic E-state index is -0.0621. The largest absolute Gasteiger partial charge is 3.00 e. The van der Waals surface area contributed by atoms with Crippen molar-refractivity contribution in [1.29, 1.82) is 0 Å². The van der Waals surface area contributed by atoms with Gasteiger partial charge >= 0.3 is 20.1 Å². The summed E-state index contributed by atoms with van der Waals surface area (Å²) >= 11 is 0. The Morgan fingerprint density at radius 2 is 1.46 bits per heavy atom.